The van der Waals surface area contributed by atoms with Gasteiger partial charge in [0.25, 0.3) is 0 Å². The van der Waals surface area contributed by atoms with Crippen LogP contribution in [0, 0.1) is 5.92 Å². The zero-order valence-electron chi connectivity index (χ0n) is 26.7. The zero-order valence-corrected chi connectivity index (χ0v) is 26.7. The second-order valence-electron chi connectivity index (χ2n) is 13.3. The second-order valence-corrected chi connectivity index (χ2v) is 13.3. The Morgan fingerprint density at radius 1 is 0.638 bits per heavy atom. The van der Waals surface area contributed by atoms with Crippen molar-refractivity contribution >= 4 is 27.5 Å². The molecule has 0 spiro atoms. The summed E-state index contributed by atoms with van der Waals surface area (Å²) >= 11 is 0. The fraction of sp³-hybridized carbons (Fsp3) is 0.140. The molecule has 9 rings (SSSR count). The first-order valence-corrected chi connectivity index (χ1v) is 16.4. The van der Waals surface area contributed by atoms with Gasteiger partial charge >= 0.3 is 0 Å². The molecule has 0 saturated carbocycles. The molecule has 0 amide bonds. The van der Waals surface area contributed by atoms with E-state index in [-0.39, 0.29) is 5.41 Å². The Balaban J connectivity index is 1.26. The molecule has 226 valence electrons. The Bertz CT molecular complexity index is 2430. The third-order valence-electron chi connectivity index (χ3n) is 9.89. The highest BCUT2D eigenvalue weighted by atomic mass is 16.3. The Kier molecular flexibility index (Phi) is 6.16. The second kappa shape index (κ2) is 10.5. The molecule has 47 heavy (non-hydrogen) atoms. The van der Waals surface area contributed by atoms with E-state index in [2.05, 4.69) is 106 Å². The average molecular weight is 608 g/mol. The van der Waals surface area contributed by atoms with Gasteiger partial charge in [-0.25, -0.2) is 15.0 Å². The van der Waals surface area contributed by atoms with Crippen molar-refractivity contribution in [1.29, 1.82) is 0 Å². The van der Waals surface area contributed by atoms with E-state index >= 15 is 0 Å². The van der Waals surface area contributed by atoms with Crippen LogP contribution in [0.5, 0.6) is 0 Å². The van der Waals surface area contributed by atoms with Gasteiger partial charge in [0.2, 0.25) is 0 Å². The lowest BCUT2D eigenvalue weighted by Gasteiger charge is -2.21. The molecule has 0 radical (unpaired) electrons. The van der Waals surface area contributed by atoms with E-state index < -0.39 is 0 Å². The summed E-state index contributed by atoms with van der Waals surface area (Å²) in [4.78, 5) is 15.1. The topological polar surface area (TPSA) is 51.8 Å². The van der Waals surface area contributed by atoms with E-state index in [9.17, 15) is 0 Å². The van der Waals surface area contributed by atoms with Crippen molar-refractivity contribution in [2.75, 3.05) is 0 Å². The number of furan rings is 1. The van der Waals surface area contributed by atoms with Gasteiger partial charge in [-0.3, -0.25) is 0 Å². The summed E-state index contributed by atoms with van der Waals surface area (Å²) in [7, 11) is 0. The molecular formula is C43H33N3O. The van der Waals surface area contributed by atoms with Crippen molar-refractivity contribution in [3.8, 4) is 45.0 Å². The summed E-state index contributed by atoms with van der Waals surface area (Å²) in [6.45, 7) is 6.88. The molecule has 4 nitrogen and oxygen atoms in total. The Hall–Kier alpha value is -5.61. The predicted molar refractivity (Wildman–Crippen MR) is 192 cm³/mol. The van der Waals surface area contributed by atoms with Crippen molar-refractivity contribution < 1.29 is 4.42 Å². The molecule has 5 aromatic carbocycles. The zero-order chi connectivity index (χ0) is 31.7. The number of hydrogen-bond donors (Lipinski definition) is 0. The van der Waals surface area contributed by atoms with Crippen LogP contribution in [0.1, 0.15) is 44.1 Å². The van der Waals surface area contributed by atoms with Gasteiger partial charge in [-0.1, -0.05) is 130 Å². The van der Waals surface area contributed by atoms with Crippen LogP contribution in [0.3, 0.4) is 0 Å². The SMILES string of the molecule is CC1C=CC(c2nc(-c3ccccc3)nc(-c3cccc4oc5ccc(-c6cccc7c6-c6ccccc6C7(C)C)cc5c34)n2)=CC1. The average Bonchev–Trinajstić information content (AvgIpc) is 3.60. The van der Waals surface area contributed by atoms with Gasteiger partial charge in [-0.15, -0.1) is 0 Å². The lowest BCUT2D eigenvalue weighted by atomic mass is 9.82. The third kappa shape index (κ3) is 4.39. The van der Waals surface area contributed by atoms with Gasteiger partial charge in [0, 0.05) is 32.9 Å². The molecule has 2 aromatic heterocycles. The van der Waals surface area contributed by atoms with Gasteiger partial charge in [0.05, 0.1) is 0 Å². The largest absolute Gasteiger partial charge is 0.456 e. The number of allylic oxidation sites excluding steroid dienone is 4. The molecule has 0 N–H and O–H groups in total. The summed E-state index contributed by atoms with van der Waals surface area (Å²) in [5.41, 5.74) is 12.3. The van der Waals surface area contributed by atoms with Crippen LogP contribution < -0.4 is 0 Å². The summed E-state index contributed by atoms with van der Waals surface area (Å²) in [5.74, 6) is 2.48. The van der Waals surface area contributed by atoms with Crippen LogP contribution in [-0.2, 0) is 5.41 Å². The van der Waals surface area contributed by atoms with Crippen LogP contribution in [0.25, 0.3) is 72.5 Å². The molecule has 2 heterocycles. The highest BCUT2D eigenvalue weighted by molar-refractivity contribution is 6.13. The first-order valence-electron chi connectivity index (χ1n) is 16.4. The van der Waals surface area contributed by atoms with Gasteiger partial charge in [0.1, 0.15) is 11.2 Å². The van der Waals surface area contributed by atoms with E-state index in [4.69, 9.17) is 19.4 Å². The molecule has 1 unspecified atom stereocenters. The number of fused-ring (bicyclic) bond motifs is 6. The number of nitrogens with zero attached hydrogens (tertiary/aromatic N) is 3. The van der Waals surface area contributed by atoms with E-state index in [1.165, 1.54) is 27.8 Å². The Labute approximate surface area is 274 Å². The minimum atomic E-state index is -0.0601. The lowest BCUT2D eigenvalue weighted by Crippen LogP contribution is -2.14. The monoisotopic (exact) mass is 607 g/mol. The fourth-order valence-electron chi connectivity index (χ4n) is 7.41. The molecule has 2 aliphatic carbocycles. The normalized spacial score (nSPS) is 16.3. The smallest absolute Gasteiger partial charge is 0.164 e. The van der Waals surface area contributed by atoms with Crippen molar-refractivity contribution in [3.63, 3.8) is 0 Å². The van der Waals surface area contributed by atoms with Crippen molar-refractivity contribution in [2.45, 2.75) is 32.6 Å². The standard InChI is InChI=1S/C43H33N3O/c1-26-19-21-28(22-20-26)41-44-40(27-11-5-4-6-12-27)45-42(46-41)32-15-10-18-37-39(32)33-25-29(23-24-36(33)47-37)30-14-9-17-35-38(30)31-13-7-8-16-34(31)43(35,2)3/h4-19,21-26H,20H2,1-3H3. The van der Waals surface area contributed by atoms with Crippen LogP contribution >= 0.6 is 0 Å². The molecule has 1 atom stereocenters. The maximum absolute atomic E-state index is 6.47. The maximum Gasteiger partial charge on any atom is 0.164 e. The van der Waals surface area contributed by atoms with Gasteiger partial charge in [-0.2, -0.15) is 0 Å². The first kappa shape index (κ1) is 27.7. The molecule has 0 fully saturated rings. The highest BCUT2D eigenvalue weighted by Crippen LogP contribution is 2.52. The van der Waals surface area contributed by atoms with Gasteiger partial charge < -0.3 is 4.42 Å². The quantitative estimate of drug-likeness (QED) is 0.200. The third-order valence-corrected chi connectivity index (χ3v) is 9.89. The van der Waals surface area contributed by atoms with Crippen LogP contribution in [0.2, 0.25) is 0 Å². The molecule has 0 saturated heterocycles. The fourth-order valence-corrected chi connectivity index (χ4v) is 7.41. The molecule has 4 heteroatoms. The number of hydrogen-bond acceptors (Lipinski definition) is 4. The van der Waals surface area contributed by atoms with Gasteiger partial charge in [0.15, 0.2) is 17.5 Å². The summed E-state index contributed by atoms with van der Waals surface area (Å²) < 4.78 is 6.47. The van der Waals surface area contributed by atoms with E-state index in [0.717, 1.165) is 50.6 Å². The van der Waals surface area contributed by atoms with Gasteiger partial charge in [-0.05, 0) is 63.9 Å². The maximum atomic E-state index is 6.47. The molecular weight excluding hydrogens is 574 g/mol. The molecule has 0 aliphatic heterocycles. The highest BCUT2D eigenvalue weighted by Gasteiger charge is 2.36. The first-order chi connectivity index (χ1) is 23.0. The van der Waals surface area contributed by atoms with Crippen LogP contribution in [0.4, 0.5) is 0 Å². The summed E-state index contributed by atoms with van der Waals surface area (Å²) in [6.07, 6.45) is 7.56. The molecule has 2 aliphatic rings. The van der Waals surface area contributed by atoms with Crippen LogP contribution in [0.15, 0.2) is 132 Å². The Morgan fingerprint density at radius 3 is 2.21 bits per heavy atom. The van der Waals surface area contributed by atoms with E-state index in [0.29, 0.717) is 23.4 Å². The van der Waals surface area contributed by atoms with Crippen molar-refractivity contribution in [1.82, 2.24) is 15.0 Å². The Morgan fingerprint density at radius 2 is 1.36 bits per heavy atom. The van der Waals surface area contributed by atoms with Crippen molar-refractivity contribution in [2.24, 2.45) is 5.92 Å². The van der Waals surface area contributed by atoms with Crippen LogP contribution in [-0.4, -0.2) is 15.0 Å². The lowest BCUT2D eigenvalue weighted by molar-refractivity contribution is 0.660. The minimum absolute atomic E-state index is 0.0601. The minimum Gasteiger partial charge on any atom is -0.456 e. The molecule has 7 aromatic rings. The number of benzene rings is 5. The summed E-state index contributed by atoms with van der Waals surface area (Å²) in [6, 6.07) is 38.4. The predicted octanol–water partition coefficient (Wildman–Crippen LogP) is 11.1. The molecule has 0 bridgehead atoms. The summed E-state index contributed by atoms with van der Waals surface area (Å²) in [5, 5.41) is 2.06. The van der Waals surface area contributed by atoms with E-state index in [1.807, 2.05) is 42.5 Å². The van der Waals surface area contributed by atoms with Crippen molar-refractivity contribution in [3.05, 3.63) is 144 Å². The number of aromatic nitrogens is 3. The van der Waals surface area contributed by atoms with E-state index in [1.54, 1.807) is 0 Å². The number of rotatable bonds is 4.